The molecular formula is C12H10N2O4. The van der Waals surface area contributed by atoms with Gasteiger partial charge in [0.15, 0.2) is 5.41 Å². The standard InChI is InChI=1S/C12H10N2O4/c15-10(16)12(11(17)18)4-6-14-9(7-12)8-3-1-2-5-13-8/h1-6H,7H2,(H,15,16)(H,17,18). The van der Waals surface area contributed by atoms with Gasteiger partial charge >= 0.3 is 11.9 Å². The normalized spacial score (nSPS) is 17.0. The fourth-order valence-corrected chi connectivity index (χ4v) is 1.70. The summed E-state index contributed by atoms with van der Waals surface area (Å²) >= 11 is 0. The van der Waals surface area contributed by atoms with Crippen LogP contribution in [0.4, 0.5) is 0 Å². The molecule has 2 rings (SSSR count). The van der Waals surface area contributed by atoms with Gasteiger partial charge in [-0.05, 0) is 18.2 Å². The van der Waals surface area contributed by atoms with Crippen LogP contribution in [0.25, 0.3) is 0 Å². The number of aromatic nitrogens is 1. The van der Waals surface area contributed by atoms with Gasteiger partial charge in [0.25, 0.3) is 0 Å². The number of nitrogens with zero attached hydrogens (tertiary/aromatic N) is 2. The Kier molecular flexibility index (Phi) is 2.93. The molecule has 2 N–H and O–H groups in total. The molecule has 0 saturated heterocycles. The molecule has 6 heteroatoms. The van der Waals surface area contributed by atoms with E-state index in [1.807, 2.05) is 0 Å². The Hall–Kier alpha value is -2.50. The molecule has 1 aliphatic heterocycles. The molecule has 2 heterocycles. The van der Waals surface area contributed by atoms with E-state index in [1.165, 1.54) is 6.20 Å². The van der Waals surface area contributed by atoms with E-state index in [0.29, 0.717) is 11.4 Å². The minimum absolute atomic E-state index is 0.217. The lowest BCUT2D eigenvalue weighted by Gasteiger charge is -2.23. The summed E-state index contributed by atoms with van der Waals surface area (Å²) in [4.78, 5) is 30.4. The molecule has 1 aromatic rings. The summed E-state index contributed by atoms with van der Waals surface area (Å²) in [6, 6.07) is 5.10. The summed E-state index contributed by atoms with van der Waals surface area (Å²) in [5.41, 5.74) is -1.13. The van der Waals surface area contributed by atoms with E-state index in [1.54, 1.807) is 24.4 Å². The van der Waals surface area contributed by atoms with Gasteiger partial charge in [0.2, 0.25) is 0 Å². The monoisotopic (exact) mass is 246 g/mol. The highest BCUT2D eigenvalue weighted by Gasteiger charge is 2.46. The molecule has 1 aliphatic rings. The highest BCUT2D eigenvalue weighted by Crippen LogP contribution is 2.30. The lowest BCUT2D eigenvalue weighted by atomic mass is 9.80. The zero-order valence-electron chi connectivity index (χ0n) is 9.28. The number of carbonyl (C=O) groups is 2. The second-order valence-electron chi connectivity index (χ2n) is 3.86. The summed E-state index contributed by atoms with van der Waals surface area (Å²) in [6.07, 6.45) is 3.62. The molecular weight excluding hydrogens is 236 g/mol. The van der Waals surface area contributed by atoms with E-state index < -0.39 is 17.4 Å². The highest BCUT2D eigenvalue weighted by atomic mass is 16.4. The molecule has 0 atom stereocenters. The Bertz CT molecular complexity index is 534. The van der Waals surface area contributed by atoms with E-state index in [0.717, 1.165) is 6.08 Å². The Morgan fingerprint density at radius 2 is 1.94 bits per heavy atom. The van der Waals surface area contributed by atoms with E-state index in [-0.39, 0.29) is 6.42 Å². The first-order valence-electron chi connectivity index (χ1n) is 5.19. The van der Waals surface area contributed by atoms with Crippen LogP contribution in [-0.4, -0.2) is 32.8 Å². The summed E-state index contributed by atoms with van der Waals surface area (Å²) in [5, 5.41) is 18.2. The Balaban J connectivity index is 2.40. The number of carboxylic acids is 2. The Labute approximate surface area is 102 Å². The topological polar surface area (TPSA) is 99.8 Å². The maximum atomic E-state index is 11.2. The van der Waals surface area contributed by atoms with Gasteiger partial charge in [-0.3, -0.25) is 19.6 Å². The number of aliphatic imine (C=N–C) groups is 1. The van der Waals surface area contributed by atoms with Crippen molar-refractivity contribution in [2.45, 2.75) is 6.42 Å². The minimum Gasteiger partial charge on any atom is -0.480 e. The van der Waals surface area contributed by atoms with E-state index >= 15 is 0 Å². The van der Waals surface area contributed by atoms with Crippen LogP contribution in [0.2, 0.25) is 0 Å². The zero-order chi connectivity index (χ0) is 13.2. The van der Waals surface area contributed by atoms with E-state index in [9.17, 15) is 9.59 Å². The van der Waals surface area contributed by atoms with Gasteiger partial charge < -0.3 is 10.2 Å². The average molecular weight is 246 g/mol. The molecule has 0 fully saturated rings. The molecule has 18 heavy (non-hydrogen) atoms. The number of hydrogen-bond acceptors (Lipinski definition) is 4. The summed E-state index contributed by atoms with van der Waals surface area (Å²) < 4.78 is 0. The van der Waals surface area contributed by atoms with E-state index in [2.05, 4.69) is 9.98 Å². The third kappa shape index (κ3) is 1.88. The number of hydrogen-bond donors (Lipinski definition) is 2. The molecule has 0 radical (unpaired) electrons. The van der Waals surface area contributed by atoms with Gasteiger partial charge in [-0.15, -0.1) is 0 Å². The lowest BCUT2D eigenvalue weighted by Crippen LogP contribution is -2.41. The fraction of sp³-hybridized carbons (Fsp3) is 0.167. The zero-order valence-corrected chi connectivity index (χ0v) is 9.28. The minimum atomic E-state index is -1.96. The third-order valence-corrected chi connectivity index (χ3v) is 2.76. The number of rotatable bonds is 3. The predicted molar refractivity (Wildman–Crippen MR) is 62.2 cm³/mol. The molecule has 6 nitrogen and oxygen atoms in total. The van der Waals surface area contributed by atoms with Crippen LogP contribution in [0.3, 0.4) is 0 Å². The van der Waals surface area contributed by atoms with E-state index in [4.69, 9.17) is 10.2 Å². The molecule has 1 aromatic heterocycles. The maximum absolute atomic E-state index is 11.2. The Morgan fingerprint density at radius 3 is 2.50 bits per heavy atom. The first kappa shape index (κ1) is 12.0. The smallest absolute Gasteiger partial charge is 0.325 e. The Morgan fingerprint density at radius 1 is 1.22 bits per heavy atom. The fourth-order valence-electron chi connectivity index (χ4n) is 1.70. The van der Waals surface area contributed by atoms with Crippen LogP contribution in [0.15, 0.2) is 41.7 Å². The molecule has 0 aromatic carbocycles. The quantitative estimate of drug-likeness (QED) is 0.773. The van der Waals surface area contributed by atoms with Gasteiger partial charge in [0.1, 0.15) is 0 Å². The van der Waals surface area contributed by atoms with Gasteiger partial charge in [0, 0.05) is 18.8 Å². The summed E-state index contributed by atoms with van der Waals surface area (Å²) in [7, 11) is 0. The number of carboxylic acid groups (broad SMARTS) is 2. The van der Waals surface area contributed by atoms with Crippen molar-refractivity contribution in [2.24, 2.45) is 10.4 Å². The first-order valence-corrected chi connectivity index (χ1v) is 5.19. The van der Waals surface area contributed by atoms with Gasteiger partial charge in [-0.2, -0.15) is 0 Å². The van der Waals surface area contributed by atoms with Crippen LogP contribution in [0.5, 0.6) is 0 Å². The van der Waals surface area contributed by atoms with Crippen molar-refractivity contribution in [3.05, 3.63) is 42.4 Å². The van der Waals surface area contributed by atoms with Gasteiger partial charge in [0.05, 0.1) is 11.4 Å². The van der Waals surface area contributed by atoms with Crippen LogP contribution < -0.4 is 0 Å². The molecule has 0 unspecified atom stereocenters. The molecule has 0 bridgehead atoms. The summed E-state index contributed by atoms with van der Waals surface area (Å²) in [6.45, 7) is 0. The number of aliphatic carboxylic acids is 2. The van der Waals surface area contributed by atoms with Crippen LogP contribution >= 0.6 is 0 Å². The molecule has 0 spiro atoms. The van der Waals surface area contributed by atoms with Crippen molar-refractivity contribution < 1.29 is 19.8 Å². The number of pyridine rings is 1. The van der Waals surface area contributed by atoms with Crippen molar-refractivity contribution in [3.63, 3.8) is 0 Å². The third-order valence-electron chi connectivity index (χ3n) is 2.76. The van der Waals surface area contributed by atoms with Gasteiger partial charge in [-0.25, -0.2) is 0 Å². The lowest BCUT2D eigenvalue weighted by molar-refractivity contribution is -0.160. The predicted octanol–water partition coefficient (Wildman–Crippen LogP) is 0.944. The molecule has 0 amide bonds. The van der Waals surface area contributed by atoms with Crippen molar-refractivity contribution in [1.82, 2.24) is 4.98 Å². The largest absolute Gasteiger partial charge is 0.480 e. The molecule has 0 aliphatic carbocycles. The van der Waals surface area contributed by atoms with Crippen LogP contribution in [0, 0.1) is 5.41 Å². The highest BCUT2D eigenvalue weighted by molar-refractivity contribution is 6.10. The maximum Gasteiger partial charge on any atom is 0.325 e. The SMILES string of the molecule is O=C(O)C1(C(=O)O)C=CN=C(c2ccccn2)C1. The van der Waals surface area contributed by atoms with Crippen molar-refractivity contribution >= 4 is 17.7 Å². The first-order chi connectivity index (χ1) is 8.56. The van der Waals surface area contributed by atoms with Crippen molar-refractivity contribution in [1.29, 1.82) is 0 Å². The molecule has 0 saturated carbocycles. The second kappa shape index (κ2) is 4.40. The van der Waals surface area contributed by atoms with Gasteiger partial charge in [-0.1, -0.05) is 6.07 Å². The van der Waals surface area contributed by atoms with Crippen LogP contribution in [0.1, 0.15) is 12.1 Å². The van der Waals surface area contributed by atoms with Crippen LogP contribution in [-0.2, 0) is 9.59 Å². The molecule has 92 valence electrons. The summed E-state index contributed by atoms with van der Waals surface area (Å²) in [5.74, 6) is -2.82. The second-order valence-corrected chi connectivity index (χ2v) is 3.86. The average Bonchev–Trinajstić information content (AvgIpc) is 2.39. The van der Waals surface area contributed by atoms with Crippen molar-refractivity contribution in [2.75, 3.05) is 0 Å². The van der Waals surface area contributed by atoms with Crippen molar-refractivity contribution in [3.8, 4) is 0 Å².